The van der Waals surface area contributed by atoms with E-state index in [0.717, 1.165) is 0 Å². The van der Waals surface area contributed by atoms with Crippen LogP contribution in [0.15, 0.2) is 22.7 Å². The number of carbonyl (C=O) groups is 1. The highest BCUT2D eigenvalue weighted by Crippen LogP contribution is 2.21. The number of alkyl halides is 1. The van der Waals surface area contributed by atoms with Crippen LogP contribution in [0.3, 0.4) is 0 Å². The van der Waals surface area contributed by atoms with Gasteiger partial charge in [-0.15, -0.1) is 11.6 Å². The summed E-state index contributed by atoms with van der Waals surface area (Å²) in [6.45, 7) is 4.22. The Bertz CT molecular complexity index is 494. The summed E-state index contributed by atoms with van der Waals surface area (Å²) in [6.07, 6.45) is 0. The van der Waals surface area contributed by atoms with Crippen LogP contribution in [0.4, 0.5) is 5.69 Å². The molecule has 0 fully saturated rings. The van der Waals surface area contributed by atoms with Crippen molar-refractivity contribution in [1.82, 2.24) is 5.32 Å². The average molecular weight is 350 g/mol. The van der Waals surface area contributed by atoms with Gasteiger partial charge in [0.25, 0.3) is 11.6 Å². The number of nitro groups is 1. The van der Waals surface area contributed by atoms with Crippen molar-refractivity contribution in [3.05, 3.63) is 38.3 Å². The van der Waals surface area contributed by atoms with Gasteiger partial charge in [-0.2, -0.15) is 0 Å². The molecule has 1 unspecified atom stereocenters. The fourth-order valence-corrected chi connectivity index (χ4v) is 1.90. The Morgan fingerprint density at radius 3 is 2.63 bits per heavy atom. The van der Waals surface area contributed by atoms with E-state index in [9.17, 15) is 14.9 Å². The number of benzene rings is 1. The molecule has 1 N–H and O–H groups in total. The summed E-state index contributed by atoms with van der Waals surface area (Å²) in [4.78, 5) is 22.1. The Labute approximate surface area is 124 Å². The van der Waals surface area contributed by atoms with Gasteiger partial charge in [0.2, 0.25) is 0 Å². The van der Waals surface area contributed by atoms with Crippen molar-refractivity contribution in [3.63, 3.8) is 0 Å². The Kier molecular flexibility index (Phi) is 5.75. The second-order valence-corrected chi connectivity index (χ2v) is 5.90. The van der Waals surface area contributed by atoms with E-state index in [-0.39, 0.29) is 28.5 Å². The number of rotatable bonds is 5. The molecule has 7 heteroatoms. The van der Waals surface area contributed by atoms with Gasteiger partial charge < -0.3 is 5.32 Å². The molecule has 0 radical (unpaired) electrons. The van der Waals surface area contributed by atoms with Gasteiger partial charge in [0, 0.05) is 28.7 Å². The standard InChI is InChI=1S/C12H14BrClN2O3/c1-7(2)11(14)6-15-12(17)8-3-9(13)5-10(4-8)16(18)19/h3-5,7,11H,6H2,1-2H3,(H,15,17). The minimum absolute atomic E-state index is 0.134. The molecule has 104 valence electrons. The van der Waals surface area contributed by atoms with E-state index in [0.29, 0.717) is 11.0 Å². The van der Waals surface area contributed by atoms with Crippen molar-refractivity contribution in [2.45, 2.75) is 19.2 Å². The highest BCUT2D eigenvalue weighted by molar-refractivity contribution is 9.10. The number of amides is 1. The molecule has 0 bridgehead atoms. The number of non-ortho nitro benzene ring substituents is 1. The summed E-state index contributed by atoms with van der Waals surface area (Å²) >= 11 is 9.17. The molecule has 0 spiro atoms. The number of hydrogen-bond donors (Lipinski definition) is 1. The van der Waals surface area contributed by atoms with E-state index in [1.807, 2.05) is 13.8 Å². The lowest BCUT2D eigenvalue weighted by molar-refractivity contribution is -0.385. The summed E-state index contributed by atoms with van der Waals surface area (Å²) in [7, 11) is 0. The second kappa shape index (κ2) is 6.86. The zero-order valence-corrected chi connectivity index (χ0v) is 12.9. The Hall–Kier alpha value is -1.14. The maximum atomic E-state index is 11.9. The lowest BCUT2D eigenvalue weighted by atomic mass is 10.1. The smallest absolute Gasteiger partial charge is 0.271 e. The normalized spacial score (nSPS) is 12.3. The maximum absolute atomic E-state index is 11.9. The number of nitrogens with zero attached hydrogens (tertiary/aromatic N) is 1. The first kappa shape index (κ1) is 15.9. The molecule has 1 amide bonds. The molecule has 5 nitrogen and oxygen atoms in total. The van der Waals surface area contributed by atoms with Crippen LogP contribution in [0.2, 0.25) is 0 Å². The topological polar surface area (TPSA) is 72.2 Å². The SMILES string of the molecule is CC(C)C(Cl)CNC(=O)c1cc(Br)cc([N+](=O)[O-])c1. The number of halogens is 2. The van der Waals surface area contributed by atoms with E-state index in [1.54, 1.807) is 0 Å². The van der Waals surface area contributed by atoms with Crippen LogP contribution in [-0.2, 0) is 0 Å². The first-order valence-electron chi connectivity index (χ1n) is 5.68. The monoisotopic (exact) mass is 348 g/mol. The molecule has 1 atom stereocenters. The molecular formula is C12H14BrClN2O3. The van der Waals surface area contributed by atoms with E-state index >= 15 is 0 Å². The van der Waals surface area contributed by atoms with Crippen LogP contribution < -0.4 is 5.32 Å². The summed E-state index contributed by atoms with van der Waals surface area (Å²) < 4.78 is 0.484. The van der Waals surface area contributed by atoms with Crippen molar-refractivity contribution < 1.29 is 9.72 Å². The summed E-state index contributed by atoms with van der Waals surface area (Å²) in [5.41, 5.74) is 0.0968. The highest BCUT2D eigenvalue weighted by atomic mass is 79.9. The van der Waals surface area contributed by atoms with Gasteiger partial charge in [-0.3, -0.25) is 14.9 Å². The first-order valence-corrected chi connectivity index (χ1v) is 6.91. The number of nitrogens with one attached hydrogen (secondary N) is 1. The van der Waals surface area contributed by atoms with Gasteiger partial charge in [0.15, 0.2) is 0 Å². The minimum atomic E-state index is -0.542. The predicted molar refractivity (Wildman–Crippen MR) is 77.6 cm³/mol. The molecule has 0 aliphatic carbocycles. The summed E-state index contributed by atoms with van der Waals surface area (Å²) in [5.74, 6) is -0.144. The van der Waals surface area contributed by atoms with Crippen LogP contribution in [0, 0.1) is 16.0 Å². The fourth-order valence-electron chi connectivity index (χ4n) is 1.34. The predicted octanol–water partition coefficient (Wildman–Crippen LogP) is 3.35. The van der Waals surface area contributed by atoms with Gasteiger partial charge in [0.1, 0.15) is 0 Å². The number of nitro benzene ring substituents is 1. The third-order valence-electron chi connectivity index (χ3n) is 2.54. The average Bonchev–Trinajstić information content (AvgIpc) is 2.34. The van der Waals surface area contributed by atoms with Crippen molar-refractivity contribution in [3.8, 4) is 0 Å². The largest absolute Gasteiger partial charge is 0.351 e. The second-order valence-electron chi connectivity index (χ2n) is 4.43. The highest BCUT2D eigenvalue weighted by Gasteiger charge is 2.15. The molecule has 0 aliphatic heterocycles. The molecule has 1 aromatic rings. The van der Waals surface area contributed by atoms with Gasteiger partial charge >= 0.3 is 0 Å². The Morgan fingerprint density at radius 1 is 1.47 bits per heavy atom. The number of carbonyl (C=O) groups excluding carboxylic acids is 1. The van der Waals surface area contributed by atoms with Gasteiger partial charge in [-0.25, -0.2) is 0 Å². The molecule has 0 saturated heterocycles. The van der Waals surface area contributed by atoms with Crippen molar-refractivity contribution in [2.24, 2.45) is 5.92 Å². The molecular weight excluding hydrogens is 336 g/mol. The van der Waals surface area contributed by atoms with Crippen molar-refractivity contribution >= 4 is 39.1 Å². The van der Waals surface area contributed by atoms with Crippen LogP contribution in [0.1, 0.15) is 24.2 Å². The van der Waals surface area contributed by atoms with E-state index in [2.05, 4.69) is 21.2 Å². The minimum Gasteiger partial charge on any atom is -0.351 e. The van der Waals surface area contributed by atoms with Crippen LogP contribution in [0.25, 0.3) is 0 Å². The third kappa shape index (κ3) is 4.80. The van der Waals surface area contributed by atoms with E-state index in [4.69, 9.17) is 11.6 Å². The van der Waals surface area contributed by atoms with Gasteiger partial charge in [-0.05, 0) is 12.0 Å². The molecule has 19 heavy (non-hydrogen) atoms. The van der Waals surface area contributed by atoms with E-state index in [1.165, 1.54) is 18.2 Å². The van der Waals surface area contributed by atoms with Gasteiger partial charge in [-0.1, -0.05) is 29.8 Å². The van der Waals surface area contributed by atoms with Crippen LogP contribution in [0.5, 0.6) is 0 Å². The zero-order chi connectivity index (χ0) is 14.6. The molecule has 0 aliphatic rings. The summed E-state index contributed by atoms with van der Waals surface area (Å²) in [6, 6.07) is 4.11. The van der Waals surface area contributed by atoms with Gasteiger partial charge in [0.05, 0.1) is 10.3 Å². The van der Waals surface area contributed by atoms with Crippen molar-refractivity contribution in [2.75, 3.05) is 6.54 Å². The fraction of sp³-hybridized carbons (Fsp3) is 0.417. The van der Waals surface area contributed by atoms with E-state index < -0.39 is 4.92 Å². The Morgan fingerprint density at radius 2 is 2.11 bits per heavy atom. The molecule has 0 aromatic heterocycles. The maximum Gasteiger partial charge on any atom is 0.271 e. The molecule has 1 rings (SSSR count). The lowest BCUT2D eigenvalue weighted by Gasteiger charge is -2.14. The molecule has 0 saturated carbocycles. The Balaban J connectivity index is 2.80. The van der Waals surface area contributed by atoms with Crippen LogP contribution >= 0.6 is 27.5 Å². The molecule has 1 aromatic carbocycles. The zero-order valence-electron chi connectivity index (χ0n) is 10.5. The first-order chi connectivity index (χ1) is 8.81. The quantitative estimate of drug-likeness (QED) is 0.503. The molecule has 0 heterocycles. The number of hydrogen-bond acceptors (Lipinski definition) is 3. The van der Waals surface area contributed by atoms with Crippen LogP contribution in [-0.4, -0.2) is 22.8 Å². The van der Waals surface area contributed by atoms with Crippen molar-refractivity contribution in [1.29, 1.82) is 0 Å². The lowest BCUT2D eigenvalue weighted by Crippen LogP contribution is -2.32. The summed E-state index contributed by atoms with van der Waals surface area (Å²) in [5, 5.41) is 13.2. The third-order valence-corrected chi connectivity index (χ3v) is 3.65.